The average molecular weight is 304 g/mol. The van der Waals surface area contributed by atoms with Crippen molar-refractivity contribution in [1.82, 2.24) is 4.90 Å². The van der Waals surface area contributed by atoms with Crippen LogP contribution in [-0.2, 0) is 9.53 Å². The Balaban J connectivity index is 2.06. The lowest BCUT2D eigenvalue weighted by Crippen LogP contribution is -2.46. The zero-order valence-corrected chi connectivity index (χ0v) is 13.2. The summed E-state index contributed by atoms with van der Waals surface area (Å²) in [6.45, 7) is 1.22. The third kappa shape index (κ3) is 3.39. The minimum absolute atomic E-state index is 0.0173. The number of ether oxygens (including phenoxy) is 1. The standard InChI is InChI=1S/C16H20N2O2S/c1-20-14(13-6-4-3-5-7-13)15(19)18-10-8-16(12-17,21-2)9-11-18/h3-7,14H,8-11H2,1-2H3. The fourth-order valence-electron chi connectivity index (χ4n) is 2.62. The molecule has 1 atom stereocenters. The molecule has 1 aromatic carbocycles. The second-order valence-corrected chi connectivity index (χ2v) is 6.35. The first-order valence-corrected chi connectivity index (χ1v) is 8.21. The van der Waals surface area contributed by atoms with E-state index in [9.17, 15) is 10.1 Å². The molecule has 0 spiro atoms. The van der Waals surface area contributed by atoms with Crippen LogP contribution in [-0.4, -0.2) is 42.0 Å². The first-order valence-electron chi connectivity index (χ1n) is 6.99. The molecular weight excluding hydrogens is 284 g/mol. The summed E-state index contributed by atoms with van der Waals surface area (Å²) in [5, 5.41) is 9.30. The lowest BCUT2D eigenvalue weighted by molar-refractivity contribution is -0.143. The number of amides is 1. The summed E-state index contributed by atoms with van der Waals surface area (Å²) in [4.78, 5) is 14.4. The zero-order chi connectivity index (χ0) is 15.3. The number of nitrogens with zero attached hydrogens (tertiary/aromatic N) is 2. The molecule has 1 amide bonds. The molecule has 1 unspecified atom stereocenters. The molecule has 1 aliphatic rings. The highest BCUT2D eigenvalue weighted by Gasteiger charge is 2.37. The maximum atomic E-state index is 12.6. The monoisotopic (exact) mass is 304 g/mol. The summed E-state index contributed by atoms with van der Waals surface area (Å²) in [6, 6.07) is 11.9. The van der Waals surface area contributed by atoms with Crippen LogP contribution in [0.15, 0.2) is 30.3 Å². The van der Waals surface area contributed by atoms with Crippen LogP contribution in [0.4, 0.5) is 0 Å². The Kier molecular flexibility index (Phi) is 5.27. The molecule has 5 heteroatoms. The fourth-order valence-corrected chi connectivity index (χ4v) is 3.31. The van der Waals surface area contributed by atoms with Crippen LogP contribution in [0, 0.1) is 11.3 Å². The minimum Gasteiger partial charge on any atom is -0.367 e. The Hall–Kier alpha value is -1.51. The van der Waals surface area contributed by atoms with E-state index in [1.165, 1.54) is 0 Å². The van der Waals surface area contributed by atoms with E-state index in [0.717, 1.165) is 5.56 Å². The van der Waals surface area contributed by atoms with Gasteiger partial charge < -0.3 is 9.64 Å². The van der Waals surface area contributed by atoms with Gasteiger partial charge in [0.25, 0.3) is 5.91 Å². The van der Waals surface area contributed by atoms with Crippen molar-refractivity contribution in [2.45, 2.75) is 23.7 Å². The number of benzene rings is 1. The molecule has 1 saturated heterocycles. The van der Waals surface area contributed by atoms with Crippen molar-refractivity contribution >= 4 is 17.7 Å². The number of hydrogen-bond donors (Lipinski definition) is 0. The van der Waals surface area contributed by atoms with E-state index < -0.39 is 6.10 Å². The zero-order valence-electron chi connectivity index (χ0n) is 12.4. The van der Waals surface area contributed by atoms with Gasteiger partial charge >= 0.3 is 0 Å². The summed E-state index contributed by atoms with van der Waals surface area (Å²) in [5.74, 6) is -0.0173. The number of carbonyl (C=O) groups excluding carboxylic acids is 1. The van der Waals surface area contributed by atoms with E-state index >= 15 is 0 Å². The molecule has 1 heterocycles. The number of likely N-dealkylation sites (tertiary alicyclic amines) is 1. The van der Waals surface area contributed by atoms with Gasteiger partial charge in [-0.05, 0) is 24.7 Å². The van der Waals surface area contributed by atoms with Gasteiger partial charge in [0.15, 0.2) is 6.10 Å². The topological polar surface area (TPSA) is 53.3 Å². The number of piperidine rings is 1. The van der Waals surface area contributed by atoms with Crippen LogP contribution in [0.5, 0.6) is 0 Å². The molecule has 1 fully saturated rings. The number of nitriles is 1. The van der Waals surface area contributed by atoms with Crippen LogP contribution in [0.2, 0.25) is 0 Å². The van der Waals surface area contributed by atoms with Crippen molar-refractivity contribution in [2.75, 3.05) is 26.5 Å². The summed E-state index contributed by atoms with van der Waals surface area (Å²) < 4.78 is 5.05. The number of thioether (sulfide) groups is 1. The highest BCUT2D eigenvalue weighted by atomic mass is 32.2. The van der Waals surface area contributed by atoms with E-state index in [0.29, 0.717) is 25.9 Å². The SMILES string of the molecule is COC(C(=O)N1CCC(C#N)(SC)CC1)c1ccccc1. The van der Waals surface area contributed by atoms with Gasteiger partial charge in [-0.1, -0.05) is 30.3 Å². The highest BCUT2D eigenvalue weighted by Crippen LogP contribution is 2.34. The van der Waals surface area contributed by atoms with Crippen LogP contribution in [0.25, 0.3) is 0 Å². The third-order valence-electron chi connectivity index (χ3n) is 4.04. The molecule has 1 aromatic rings. The summed E-state index contributed by atoms with van der Waals surface area (Å²) in [7, 11) is 1.56. The molecule has 0 aromatic heterocycles. The van der Waals surface area contributed by atoms with Gasteiger partial charge in [-0.3, -0.25) is 4.79 Å². The molecule has 2 rings (SSSR count). The first kappa shape index (κ1) is 15.9. The predicted octanol–water partition coefficient (Wildman–Crippen LogP) is 2.62. The van der Waals surface area contributed by atoms with Gasteiger partial charge in [0.2, 0.25) is 0 Å². The van der Waals surface area contributed by atoms with Crippen molar-refractivity contribution in [2.24, 2.45) is 0 Å². The van der Waals surface area contributed by atoms with E-state index in [1.54, 1.807) is 18.9 Å². The van der Waals surface area contributed by atoms with Crippen LogP contribution in [0.1, 0.15) is 24.5 Å². The van der Waals surface area contributed by atoms with E-state index in [2.05, 4.69) is 6.07 Å². The quantitative estimate of drug-likeness (QED) is 0.858. The Labute approximate surface area is 130 Å². The van der Waals surface area contributed by atoms with Crippen LogP contribution < -0.4 is 0 Å². The van der Waals surface area contributed by atoms with E-state index in [-0.39, 0.29) is 10.7 Å². The van der Waals surface area contributed by atoms with Gasteiger partial charge in [0.1, 0.15) is 4.75 Å². The maximum absolute atomic E-state index is 12.6. The highest BCUT2D eigenvalue weighted by molar-refractivity contribution is 8.00. The number of hydrogen-bond acceptors (Lipinski definition) is 4. The van der Waals surface area contributed by atoms with Gasteiger partial charge in [-0.2, -0.15) is 5.26 Å². The normalized spacial score (nSPS) is 18.8. The second kappa shape index (κ2) is 6.97. The van der Waals surface area contributed by atoms with Gasteiger partial charge in [0, 0.05) is 20.2 Å². The molecule has 0 radical (unpaired) electrons. The number of rotatable bonds is 4. The third-order valence-corrected chi connectivity index (χ3v) is 5.32. The molecule has 112 valence electrons. The molecule has 21 heavy (non-hydrogen) atoms. The second-order valence-electron chi connectivity index (χ2n) is 5.16. The van der Waals surface area contributed by atoms with Gasteiger partial charge in [-0.15, -0.1) is 11.8 Å². The molecule has 0 N–H and O–H groups in total. The Morgan fingerprint density at radius 3 is 2.48 bits per heavy atom. The lowest BCUT2D eigenvalue weighted by Gasteiger charge is -2.37. The molecule has 0 aliphatic carbocycles. The molecular formula is C16H20N2O2S. The largest absolute Gasteiger partial charge is 0.367 e. The van der Waals surface area contributed by atoms with Gasteiger partial charge in [-0.25, -0.2) is 0 Å². The Morgan fingerprint density at radius 2 is 2.00 bits per heavy atom. The summed E-state index contributed by atoms with van der Waals surface area (Å²) in [5.41, 5.74) is 0.868. The van der Waals surface area contributed by atoms with Gasteiger partial charge in [0.05, 0.1) is 6.07 Å². The summed E-state index contributed by atoms with van der Waals surface area (Å²) in [6.07, 6.45) is 2.82. The fraction of sp³-hybridized carbons (Fsp3) is 0.500. The maximum Gasteiger partial charge on any atom is 0.256 e. The molecule has 1 aliphatic heterocycles. The van der Waals surface area contributed by atoms with Crippen molar-refractivity contribution in [3.05, 3.63) is 35.9 Å². The molecule has 4 nitrogen and oxygen atoms in total. The van der Waals surface area contributed by atoms with Crippen molar-refractivity contribution in [3.63, 3.8) is 0 Å². The molecule has 0 bridgehead atoms. The molecule has 0 saturated carbocycles. The number of methoxy groups -OCH3 is 1. The average Bonchev–Trinajstić information content (AvgIpc) is 2.56. The predicted molar refractivity (Wildman–Crippen MR) is 83.9 cm³/mol. The first-order chi connectivity index (χ1) is 10.2. The van der Waals surface area contributed by atoms with Crippen molar-refractivity contribution < 1.29 is 9.53 Å². The lowest BCUT2D eigenvalue weighted by atomic mass is 9.96. The smallest absolute Gasteiger partial charge is 0.256 e. The summed E-state index contributed by atoms with van der Waals surface area (Å²) >= 11 is 1.59. The number of carbonyl (C=O) groups is 1. The van der Waals surface area contributed by atoms with E-state index in [4.69, 9.17) is 4.74 Å². The van der Waals surface area contributed by atoms with Crippen LogP contribution in [0.3, 0.4) is 0 Å². The minimum atomic E-state index is -0.560. The van der Waals surface area contributed by atoms with Crippen molar-refractivity contribution in [1.29, 1.82) is 5.26 Å². The van der Waals surface area contributed by atoms with Crippen LogP contribution >= 0.6 is 11.8 Å². The Bertz CT molecular complexity index is 519. The Morgan fingerprint density at radius 1 is 1.38 bits per heavy atom. The van der Waals surface area contributed by atoms with E-state index in [1.807, 2.05) is 41.5 Å². The van der Waals surface area contributed by atoms with Crippen molar-refractivity contribution in [3.8, 4) is 6.07 Å².